The van der Waals surface area contributed by atoms with Gasteiger partial charge >= 0.3 is 5.97 Å². The standard InChI is InChI=1S/C12H18ClNO4/c1-6(2)8(15)12-10(17)18-11(12,3)7(4-5-13)9(16)14-12/h6-8,15H,4-5H2,1-3H3,(H,14,16)/t7-,8-,11-,12-/m0/s1. The van der Waals surface area contributed by atoms with Crippen LogP contribution < -0.4 is 5.32 Å². The van der Waals surface area contributed by atoms with Crippen molar-refractivity contribution in [3.05, 3.63) is 0 Å². The van der Waals surface area contributed by atoms with Crippen LogP contribution in [-0.4, -0.2) is 40.1 Å². The van der Waals surface area contributed by atoms with Gasteiger partial charge in [0.1, 0.15) is 0 Å². The van der Waals surface area contributed by atoms with E-state index in [9.17, 15) is 14.7 Å². The molecule has 0 radical (unpaired) electrons. The van der Waals surface area contributed by atoms with Crippen LogP contribution >= 0.6 is 11.6 Å². The van der Waals surface area contributed by atoms with E-state index in [0.717, 1.165) is 0 Å². The first-order chi connectivity index (χ1) is 8.31. The van der Waals surface area contributed by atoms with Crippen LogP contribution in [0.15, 0.2) is 0 Å². The lowest BCUT2D eigenvalue weighted by atomic mass is 9.66. The summed E-state index contributed by atoms with van der Waals surface area (Å²) in [5.74, 6) is -1.19. The van der Waals surface area contributed by atoms with Gasteiger partial charge in [-0.15, -0.1) is 11.6 Å². The molecule has 102 valence electrons. The van der Waals surface area contributed by atoms with Crippen molar-refractivity contribution in [3.63, 3.8) is 0 Å². The summed E-state index contributed by atoms with van der Waals surface area (Å²) in [4.78, 5) is 23.8. The van der Waals surface area contributed by atoms with Crippen molar-refractivity contribution in [3.8, 4) is 0 Å². The quantitative estimate of drug-likeness (QED) is 0.576. The summed E-state index contributed by atoms with van der Waals surface area (Å²) in [5, 5.41) is 12.9. The second-order valence-corrected chi connectivity index (χ2v) is 5.89. The van der Waals surface area contributed by atoms with E-state index in [2.05, 4.69) is 5.32 Å². The molecule has 4 atom stereocenters. The van der Waals surface area contributed by atoms with E-state index >= 15 is 0 Å². The summed E-state index contributed by atoms with van der Waals surface area (Å²) in [6.45, 7) is 5.29. The van der Waals surface area contributed by atoms with Crippen molar-refractivity contribution in [1.29, 1.82) is 0 Å². The normalized spacial score (nSPS) is 40.0. The minimum atomic E-state index is -1.31. The maximum Gasteiger partial charge on any atom is 0.339 e. The first-order valence-corrected chi connectivity index (χ1v) is 6.64. The zero-order valence-corrected chi connectivity index (χ0v) is 11.5. The Balaban J connectivity index is 2.40. The SMILES string of the molecule is CC(C)[C@H](O)[C@@]12NC(=O)[C@H](CCCl)[C@]1(C)OC2=O. The zero-order chi connectivity index (χ0) is 13.7. The van der Waals surface area contributed by atoms with Gasteiger partial charge in [-0.3, -0.25) is 4.79 Å². The highest BCUT2D eigenvalue weighted by Gasteiger charge is 2.79. The lowest BCUT2D eigenvalue weighted by Gasteiger charge is -2.54. The molecule has 18 heavy (non-hydrogen) atoms. The van der Waals surface area contributed by atoms with E-state index in [-0.39, 0.29) is 11.8 Å². The molecule has 2 saturated heterocycles. The van der Waals surface area contributed by atoms with Gasteiger partial charge in [0.15, 0.2) is 5.60 Å². The van der Waals surface area contributed by atoms with Crippen LogP contribution in [0.5, 0.6) is 0 Å². The number of carbonyl (C=O) groups excluding carboxylic acids is 2. The molecule has 2 rings (SSSR count). The molecular formula is C12H18ClNO4. The summed E-state index contributed by atoms with van der Waals surface area (Å²) in [6, 6.07) is 0. The number of aliphatic hydroxyl groups excluding tert-OH is 1. The number of hydrogen-bond donors (Lipinski definition) is 2. The highest BCUT2D eigenvalue weighted by atomic mass is 35.5. The molecule has 0 aliphatic carbocycles. The number of halogens is 1. The van der Waals surface area contributed by atoms with Crippen LogP contribution in [0.4, 0.5) is 0 Å². The lowest BCUT2D eigenvalue weighted by Crippen LogP contribution is -2.79. The van der Waals surface area contributed by atoms with Gasteiger partial charge in [-0.05, 0) is 19.3 Å². The van der Waals surface area contributed by atoms with Crippen molar-refractivity contribution in [2.24, 2.45) is 11.8 Å². The summed E-state index contributed by atoms with van der Waals surface area (Å²) in [7, 11) is 0. The van der Waals surface area contributed by atoms with Gasteiger partial charge in [0.2, 0.25) is 11.4 Å². The minimum Gasteiger partial charge on any atom is -0.453 e. The fourth-order valence-corrected chi connectivity index (χ4v) is 3.28. The van der Waals surface area contributed by atoms with E-state index in [0.29, 0.717) is 12.3 Å². The molecule has 2 aliphatic heterocycles. The van der Waals surface area contributed by atoms with Gasteiger partial charge in [-0.25, -0.2) is 4.79 Å². The second kappa shape index (κ2) is 4.10. The molecule has 0 aromatic heterocycles. The largest absolute Gasteiger partial charge is 0.453 e. The molecule has 5 nitrogen and oxygen atoms in total. The molecule has 0 spiro atoms. The Hall–Kier alpha value is -0.810. The summed E-state index contributed by atoms with van der Waals surface area (Å²) >= 11 is 5.69. The molecule has 0 aromatic carbocycles. The zero-order valence-electron chi connectivity index (χ0n) is 10.7. The number of carbonyl (C=O) groups is 2. The number of alkyl halides is 1. The third-order valence-corrected chi connectivity index (χ3v) is 4.40. The second-order valence-electron chi connectivity index (χ2n) is 5.51. The highest BCUT2D eigenvalue weighted by molar-refractivity contribution is 6.18. The van der Waals surface area contributed by atoms with Gasteiger partial charge in [-0.2, -0.15) is 0 Å². The van der Waals surface area contributed by atoms with E-state index in [4.69, 9.17) is 16.3 Å². The maximum absolute atomic E-state index is 12.0. The van der Waals surface area contributed by atoms with Crippen LogP contribution in [0.25, 0.3) is 0 Å². The first kappa shape index (κ1) is 13.6. The molecule has 2 heterocycles. The molecule has 0 bridgehead atoms. The maximum atomic E-state index is 12.0. The Bertz CT molecular complexity index is 400. The predicted molar refractivity (Wildman–Crippen MR) is 65.0 cm³/mol. The highest BCUT2D eigenvalue weighted by Crippen LogP contribution is 2.52. The summed E-state index contributed by atoms with van der Waals surface area (Å²) in [6.07, 6.45) is -0.544. The van der Waals surface area contributed by atoms with Crippen LogP contribution in [-0.2, 0) is 14.3 Å². The molecule has 0 unspecified atom stereocenters. The number of hydrogen-bond acceptors (Lipinski definition) is 4. The molecular weight excluding hydrogens is 258 g/mol. The smallest absolute Gasteiger partial charge is 0.339 e. The number of fused-ring (bicyclic) bond motifs is 1. The van der Waals surface area contributed by atoms with Crippen molar-refractivity contribution >= 4 is 23.5 Å². The average molecular weight is 276 g/mol. The third kappa shape index (κ3) is 1.37. The molecule has 1 amide bonds. The van der Waals surface area contributed by atoms with Crippen molar-refractivity contribution in [1.82, 2.24) is 5.32 Å². The van der Waals surface area contributed by atoms with Gasteiger partial charge < -0.3 is 15.2 Å². The average Bonchev–Trinajstić information content (AvgIpc) is 2.46. The predicted octanol–water partition coefficient (Wildman–Crippen LogP) is 0.432. The van der Waals surface area contributed by atoms with Crippen molar-refractivity contribution in [2.45, 2.75) is 44.4 Å². The lowest BCUT2D eigenvalue weighted by molar-refractivity contribution is -0.238. The summed E-state index contributed by atoms with van der Waals surface area (Å²) < 4.78 is 5.22. The van der Waals surface area contributed by atoms with E-state index in [1.165, 1.54) is 0 Å². The van der Waals surface area contributed by atoms with E-state index in [1.807, 2.05) is 0 Å². The van der Waals surface area contributed by atoms with Crippen LogP contribution in [0.3, 0.4) is 0 Å². The number of amides is 1. The van der Waals surface area contributed by atoms with Gasteiger partial charge in [-0.1, -0.05) is 13.8 Å². The van der Waals surface area contributed by atoms with Gasteiger partial charge in [0.05, 0.1) is 12.0 Å². The minimum absolute atomic E-state index is 0.160. The molecule has 2 fully saturated rings. The fraction of sp³-hybridized carbons (Fsp3) is 0.833. The van der Waals surface area contributed by atoms with Crippen molar-refractivity contribution < 1.29 is 19.4 Å². The van der Waals surface area contributed by atoms with Crippen LogP contribution in [0.2, 0.25) is 0 Å². The number of esters is 1. The Morgan fingerprint density at radius 2 is 2.11 bits per heavy atom. The van der Waals surface area contributed by atoms with E-state index < -0.39 is 29.1 Å². The summed E-state index contributed by atoms with van der Waals surface area (Å²) in [5.41, 5.74) is -2.31. The van der Waals surface area contributed by atoms with Gasteiger partial charge in [0.25, 0.3) is 0 Å². The first-order valence-electron chi connectivity index (χ1n) is 6.10. The number of nitrogens with one attached hydrogen (secondary N) is 1. The van der Waals surface area contributed by atoms with E-state index in [1.54, 1.807) is 20.8 Å². The Morgan fingerprint density at radius 3 is 2.56 bits per heavy atom. The Morgan fingerprint density at radius 1 is 1.50 bits per heavy atom. The number of rotatable bonds is 4. The van der Waals surface area contributed by atoms with Crippen LogP contribution in [0, 0.1) is 11.8 Å². The van der Waals surface area contributed by atoms with Crippen molar-refractivity contribution in [2.75, 3.05) is 5.88 Å². The monoisotopic (exact) mass is 275 g/mol. The molecule has 2 N–H and O–H groups in total. The molecule has 6 heteroatoms. The number of ether oxygens (including phenoxy) is 1. The third-order valence-electron chi connectivity index (χ3n) is 4.18. The Labute approximate surface area is 111 Å². The number of aliphatic hydroxyl groups is 1. The van der Waals surface area contributed by atoms with Crippen LogP contribution in [0.1, 0.15) is 27.2 Å². The molecule has 0 saturated carbocycles. The molecule has 2 aliphatic rings. The topological polar surface area (TPSA) is 75.6 Å². The molecule has 0 aromatic rings. The fourth-order valence-electron chi connectivity index (χ4n) is 3.07. The van der Waals surface area contributed by atoms with Gasteiger partial charge in [0, 0.05) is 5.88 Å². The Kier molecular flexibility index (Phi) is 3.10.